The molecule has 3 amide bonds. The highest BCUT2D eigenvalue weighted by molar-refractivity contribution is 6.00. The van der Waals surface area contributed by atoms with Gasteiger partial charge in [-0.2, -0.15) is 0 Å². The van der Waals surface area contributed by atoms with Crippen molar-refractivity contribution in [1.82, 2.24) is 25.5 Å². The van der Waals surface area contributed by atoms with Crippen molar-refractivity contribution in [2.75, 3.05) is 19.6 Å². The van der Waals surface area contributed by atoms with Gasteiger partial charge in [0.15, 0.2) is 0 Å². The molecule has 2 saturated heterocycles. The molecule has 8 heteroatoms. The van der Waals surface area contributed by atoms with E-state index >= 15 is 0 Å². The van der Waals surface area contributed by atoms with Crippen LogP contribution in [0.15, 0.2) is 18.6 Å². The first kappa shape index (κ1) is 15.4. The maximum absolute atomic E-state index is 11.9. The monoisotopic (exact) mass is 316 g/mol. The Hall–Kier alpha value is -2.48. The van der Waals surface area contributed by atoms with Gasteiger partial charge in [0, 0.05) is 31.3 Å². The number of hydrogen-bond donors (Lipinski definition) is 3. The molecule has 8 nitrogen and oxygen atoms in total. The van der Waals surface area contributed by atoms with Gasteiger partial charge in [-0.1, -0.05) is 0 Å². The molecule has 0 atom stereocenters. The number of rotatable bonds is 3. The van der Waals surface area contributed by atoms with Gasteiger partial charge in [0.2, 0.25) is 5.91 Å². The lowest BCUT2D eigenvalue weighted by atomic mass is 9.95. The fraction of sp³-hybridized carbons (Fsp3) is 0.467. The third kappa shape index (κ3) is 3.31. The Labute approximate surface area is 134 Å². The summed E-state index contributed by atoms with van der Waals surface area (Å²) in [7, 11) is 0. The first-order chi connectivity index (χ1) is 11.2. The number of amides is 3. The van der Waals surface area contributed by atoms with Crippen molar-refractivity contribution in [3.05, 3.63) is 30.0 Å². The van der Waals surface area contributed by atoms with Crippen LogP contribution >= 0.6 is 0 Å². The zero-order valence-corrected chi connectivity index (χ0v) is 12.8. The highest BCUT2D eigenvalue weighted by atomic mass is 16.2. The van der Waals surface area contributed by atoms with Crippen LogP contribution < -0.4 is 16.4 Å². The van der Waals surface area contributed by atoms with Gasteiger partial charge in [-0.3, -0.25) is 25.0 Å². The molecule has 3 heterocycles. The predicted octanol–water partition coefficient (Wildman–Crippen LogP) is 0.143. The maximum Gasteiger partial charge on any atom is 0.328 e. The first-order valence-corrected chi connectivity index (χ1v) is 7.75. The Balaban J connectivity index is 1.76. The normalized spacial score (nSPS) is 20.5. The molecule has 0 bridgehead atoms. The number of hydrogen-bond acceptors (Lipinski definition) is 6. The summed E-state index contributed by atoms with van der Waals surface area (Å²) in [4.78, 5) is 33.5. The molecule has 122 valence electrons. The van der Waals surface area contributed by atoms with Gasteiger partial charge in [0.1, 0.15) is 5.69 Å². The largest absolute Gasteiger partial charge is 0.403 e. The molecule has 0 radical (unpaired) electrons. The van der Waals surface area contributed by atoms with E-state index in [-0.39, 0.29) is 18.9 Å². The SMILES string of the molecule is N/C=C(\c1cnc(C2CCNCC2)cn1)N1CCC(=O)NC1=O. The van der Waals surface area contributed by atoms with Gasteiger partial charge in [0.05, 0.1) is 17.6 Å². The summed E-state index contributed by atoms with van der Waals surface area (Å²) in [6.45, 7) is 2.26. The van der Waals surface area contributed by atoms with E-state index in [1.807, 2.05) is 0 Å². The molecule has 3 rings (SSSR count). The highest BCUT2D eigenvalue weighted by Gasteiger charge is 2.27. The number of nitrogens with zero attached hydrogens (tertiary/aromatic N) is 3. The number of piperidine rings is 1. The van der Waals surface area contributed by atoms with E-state index in [0.717, 1.165) is 31.6 Å². The number of carbonyl (C=O) groups excluding carboxylic acids is 2. The second-order valence-electron chi connectivity index (χ2n) is 5.66. The number of aromatic nitrogens is 2. The second-order valence-corrected chi connectivity index (χ2v) is 5.66. The minimum atomic E-state index is -0.484. The predicted molar refractivity (Wildman–Crippen MR) is 83.9 cm³/mol. The molecule has 1 aromatic heterocycles. The summed E-state index contributed by atoms with van der Waals surface area (Å²) in [5.74, 6) is 0.133. The van der Waals surface area contributed by atoms with E-state index in [1.54, 1.807) is 12.4 Å². The molecule has 0 spiro atoms. The van der Waals surface area contributed by atoms with Crippen LogP contribution in [-0.2, 0) is 4.79 Å². The third-order valence-corrected chi connectivity index (χ3v) is 4.19. The van der Waals surface area contributed by atoms with Crippen LogP contribution in [0.3, 0.4) is 0 Å². The van der Waals surface area contributed by atoms with Crippen LogP contribution in [0.1, 0.15) is 36.6 Å². The van der Waals surface area contributed by atoms with Crippen molar-refractivity contribution in [3.8, 4) is 0 Å². The molecule has 2 fully saturated rings. The van der Waals surface area contributed by atoms with Crippen LogP contribution in [0.2, 0.25) is 0 Å². The van der Waals surface area contributed by atoms with Crippen molar-refractivity contribution < 1.29 is 9.59 Å². The fourth-order valence-electron chi connectivity index (χ4n) is 2.91. The van der Waals surface area contributed by atoms with Crippen LogP contribution in [0.25, 0.3) is 5.70 Å². The molecular formula is C15H20N6O2. The molecule has 2 aliphatic heterocycles. The molecule has 0 aromatic carbocycles. The zero-order chi connectivity index (χ0) is 16.2. The van der Waals surface area contributed by atoms with Gasteiger partial charge in [-0.15, -0.1) is 0 Å². The average molecular weight is 316 g/mol. The standard InChI is InChI=1S/C15H20N6O2/c16-7-13(21-6-3-14(22)20-15(21)23)12-9-18-11(8-19-12)10-1-4-17-5-2-10/h7-10,17H,1-6,16H2,(H,20,22,23)/b13-7+. The first-order valence-electron chi connectivity index (χ1n) is 7.75. The second kappa shape index (κ2) is 6.74. The van der Waals surface area contributed by atoms with E-state index in [9.17, 15) is 9.59 Å². The maximum atomic E-state index is 11.9. The van der Waals surface area contributed by atoms with Crippen LogP contribution in [0, 0.1) is 0 Å². The lowest BCUT2D eigenvalue weighted by Gasteiger charge is -2.28. The molecule has 2 aliphatic rings. The molecule has 0 aliphatic carbocycles. The molecule has 0 unspecified atom stereocenters. The quantitative estimate of drug-likeness (QED) is 0.731. The van der Waals surface area contributed by atoms with Crippen molar-refractivity contribution in [1.29, 1.82) is 0 Å². The number of carbonyl (C=O) groups is 2. The third-order valence-electron chi connectivity index (χ3n) is 4.19. The Bertz CT molecular complexity index is 621. The topological polar surface area (TPSA) is 113 Å². The van der Waals surface area contributed by atoms with E-state index in [0.29, 0.717) is 17.3 Å². The molecule has 0 saturated carbocycles. The Kier molecular flexibility index (Phi) is 4.52. The molecular weight excluding hydrogens is 296 g/mol. The lowest BCUT2D eigenvalue weighted by molar-refractivity contribution is -0.121. The number of urea groups is 1. The van der Waals surface area contributed by atoms with Gasteiger partial charge in [0.25, 0.3) is 0 Å². The summed E-state index contributed by atoms with van der Waals surface area (Å²) in [5, 5.41) is 5.60. The van der Waals surface area contributed by atoms with Crippen molar-refractivity contribution in [3.63, 3.8) is 0 Å². The van der Waals surface area contributed by atoms with Crippen LogP contribution in [-0.4, -0.2) is 46.4 Å². The lowest BCUT2D eigenvalue weighted by Crippen LogP contribution is -2.48. The summed E-state index contributed by atoms with van der Waals surface area (Å²) >= 11 is 0. The van der Waals surface area contributed by atoms with Crippen LogP contribution in [0.5, 0.6) is 0 Å². The van der Waals surface area contributed by atoms with E-state index in [1.165, 1.54) is 11.1 Å². The van der Waals surface area contributed by atoms with Crippen molar-refractivity contribution in [2.45, 2.75) is 25.2 Å². The zero-order valence-electron chi connectivity index (χ0n) is 12.8. The van der Waals surface area contributed by atoms with E-state index < -0.39 is 6.03 Å². The van der Waals surface area contributed by atoms with E-state index in [4.69, 9.17) is 5.73 Å². The summed E-state index contributed by atoms with van der Waals surface area (Å²) in [6.07, 6.45) is 7.04. The number of nitrogens with two attached hydrogens (primary N) is 1. The van der Waals surface area contributed by atoms with Gasteiger partial charge in [-0.25, -0.2) is 4.79 Å². The van der Waals surface area contributed by atoms with Crippen molar-refractivity contribution in [2.24, 2.45) is 5.73 Å². The average Bonchev–Trinajstić information content (AvgIpc) is 2.59. The minimum Gasteiger partial charge on any atom is -0.403 e. The molecule has 23 heavy (non-hydrogen) atoms. The number of imide groups is 1. The van der Waals surface area contributed by atoms with Gasteiger partial charge < -0.3 is 11.1 Å². The highest BCUT2D eigenvalue weighted by Crippen LogP contribution is 2.24. The Morgan fingerprint density at radius 2 is 2.04 bits per heavy atom. The van der Waals surface area contributed by atoms with Crippen LogP contribution in [0.4, 0.5) is 4.79 Å². The molecule has 1 aromatic rings. The fourth-order valence-corrected chi connectivity index (χ4v) is 2.91. The Morgan fingerprint density at radius 1 is 1.26 bits per heavy atom. The Morgan fingerprint density at radius 3 is 2.65 bits per heavy atom. The van der Waals surface area contributed by atoms with Gasteiger partial charge >= 0.3 is 6.03 Å². The van der Waals surface area contributed by atoms with Crippen molar-refractivity contribution >= 4 is 17.6 Å². The summed E-state index contributed by atoms with van der Waals surface area (Å²) in [6, 6.07) is -0.484. The van der Waals surface area contributed by atoms with E-state index in [2.05, 4.69) is 20.6 Å². The number of nitrogens with one attached hydrogen (secondary N) is 2. The molecule has 4 N–H and O–H groups in total. The van der Waals surface area contributed by atoms with Gasteiger partial charge in [-0.05, 0) is 25.9 Å². The minimum absolute atomic E-state index is 0.240. The summed E-state index contributed by atoms with van der Waals surface area (Å²) < 4.78 is 0. The smallest absolute Gasteiger partial charge is 0.328 e. The summed E-state index contributed by atoms with van der Waals surface area (Å²) in [5.41, 5.74) is 7.61.